The summed E-state index contributed by atoms with van der Waals surface area (Å²) in [7, 11) is 0. The van der Waals surface area contributed by atoms with Crippen molar-refractivity contribution < 1.29 is 14.3 Å². The second kappa shape index (κ2) is 7.64. The summed E-state index contributed by atoms with van der Waals surface area (Å²) in [6, 6.07) is 15.4. The SMILES string of the molecule is CCOc1ccccc1N1C(=O)CS[C@H]1c1ccc(NC(=O)C2CC2)cc1. The van der Waals surface area contributed by atoms with Crippen LogP contribution in [0.5, 0.6) is 5.75 Å². The first-order valence-electron chi connectivity index (χ1n) is 9.23. The summed E-state index contributed by atoms with van der Waals surface area (Å²) in [4.78, 5) is 26.3. The Hall–Kier alpha value is -2.47. The molecule has 1 saturated carbocycles. The van der Waals surface area contributed by atoms with Gasteiger partial charge in [-0.05, 0) is 49.6 Å². The van der Waals surface area contributed by atoms with Crippen LogP contribution in [0.15, 0.2) is 48.5 Å². The molecule has 1 aliphatic heterocycles. The van der Waals surface area contributed by atoms with E-state index < -0.39 is 0 Å². The Morgan fingerprint density at radius 1 is 1.19 bits per heavy atom. The van der Waals surface area contributed by atoms with Crippen molar-refractivity contribution in [2.24, 2.45) is 5.92 Å². The van der Waals surface area contributed by atoms with Gasteiger partial charge in [-0.15, -0.1) is 11.8 Å². The third-order valence-corrected chi connectivity index (χ3v) is 5.92. The Balaban J connectivity index is 1.57. The van der Waals surface area contributed by atoms with Gasteiger partial charge in [0.25, 0.3) is 0 Å². The number of hydrogen-bond acceptors (Lipinski definition) is 4. The number of benzene rings is 2. The normalized spacial score (nSPS) is 19.2. The van der Waals surface area contributed by atoms with Crippen LogP contribution in [0.4, 0.5) is 11.4 Å². The van der Waals surface area contributed by atoms with E-state index in [0.29, 0.717) is 18.1 Å². The average molecular weight is 382 g/mol. The van der Waals surface area contributed by atoms with Crippen LogP contribution in [0.1, 0.15) is 30.7 Å². The zero-order valence-corrected chi connectivity index (χ0v) is 16.0. The molecule has 2 amide bonds. The third kappa shape index (κ3) is 3.81. The van der Waals surface area contributed by atoms with E-state index in [2.05, 4.69) is 5.32 Å². The lowest BCUT2D eigenvalue weighted by molar-refractivity contribution is -0.117. The molecule has 2 aromatic rings. The lowest BCUT2D eigenvalue weighted by Gasteiger charge is -2.26. The molecule has 6 heteroatoms. The topological polar surface area (TPSA) is 58.6 Å². The Morgan fingerprint density at radius 3 is 2.63 bits per heavy atom. The number of ether oxygens (including phenoxy) is 1. The molecular weight excluding hydrogens is 360 g/mol. The molecule has 1 atom stereocenters. The number of rotatable bonds is 6. The number of carbonyl (C=O) groups is 2. The third-order valence-electron chi connectivity index (χ3n) is 4.70. The van der Waals surface area contributed by atoms with Gasteiger partial charge in [-0.3, -0.25) is 14.5 Å². The Labute approximate surface area is 163 Å². The van der Waals surface area contributed by atoms with Gasteiger partial charge in [0, 0.05) is 11.6 Å². The monoisotopic (exact) mass is 382 g/mol. The van der Waals surface area contributed by atoms with E-state index in [1.165, 1.54) is 0 Å². The average Bonchev–Trinajstić information content (AvgIpc) is 3.46. The van der Waals surface area contributed by atoms with Crippen molar-refractivity contribution in [2.75, 3.05) is 22.6 Å². The second-order valence-corrected chi connectivity index (χ2v) is 7.78. The van der Waals surface area contributed by atoms with Gasteiger partial charge in [-0.25, -0.2) is 0 Å². The van der Waals surface area contributed by atoms with Gasteiger partial charge < -0.3 is 10.1 Å². The zero-order chi connectivity index (χ0) is 18.8. The smallest absolute Gasteiger partial charge is 0.238 e. The molecule has 2 aliphatic rings. The highest BCUT2D eigenvalue weighted by Gasteiger charge is 2.35. The van der Waals surface area contributed by atoms with Crippen molar-refractivity contribution in [3.8, 4) is 5.75 Å². The minimum Gasteiger partial charge on any atom is -0.492 e. The number of para-hydroxylation sites is 2. The van der Waals surface area contributed by atoms with Crippen LogP contribution in [0, 0.1) is 5.92 Å². The first kappa shape index (κ1) is 17.9. The van der Waals surface area contributed by atoms with Crippen LogP contribution in [0.3, 0.4) is 0 Å². The summed E-state index contributed by atoms with van der Waals surface area (Å²) in [5, 5.41) is 2.85. The number of hydrogen-bond donors (Lipinski definition) is 1. The molecule has 1 heterocycles. The fraction of sp³-hybridized carbons (Fsp3) is 0.333. The van der Waals surface area contributed by atoms with E-state index >= 15 is 0 Å². The molecule has 1 aliphatic carbocycles. The Kier molecular flexibility index (Phi) is 5.07. The molecule has 27 heavy (non-hydrogen) atoms. The van der Waals surface area contributed by atoms with Crippen LogP contribution in [-0.2, 0) is 9.59 Å². The molecule has 0 aromatic heterocycles. The largest absolute Gasteiger partial charge is 0.492 e. The summed E-state index contributed by atoms with van der Waals surface area (Å²) >= 11 is 1.60. The van der Waals surface area contributed by atoms with Crippen molar-refractivity contribution in [1.29, 1.82) is 0 Å². The molecule has 0 radical (unpaired) electrons. The van der Waals surface area contributed by atoms with Crippen molar-refractivity contribution >= 4 is 35.0 Å². The van der Waals surface area contributed by atoms with Gasteiger partial charge in [0.2, 0.25) is 11.8 Å². The summed E-state index contributed by atoms with van der Waals surface area (Å²) in [5.74, 6) is 1.50. The van der Waals surface area contributed by atoms with Crippen LogP contribution < -0.4 is 15.0 Å². The van der Waals surface area contributed by atoms with Gasteiger partial charge in [0.05, 0.1) is 18.0 Å². The minimum absolute atomic E-state index is 0.0725. The van der Waals surface area contributed by atoms with E-state index in [1.54, 1.807) is 11.8 Å². The maximum atomic E-state index is 12.6. The first-order valence-corrected chi connectivity index (χ1v) is 10.3. The highest BCUT2D eigenvalue weighted by atomic mass is 32.2. The van der Waals surface area contributed by atoms with Crippen LogP contribution in [0.2, 0.25) is 0 Å². The van der Waals surface area contributed by atoms with Gasteiger partial charge in [-0.2, -0.15) is 0 Å². The fourth-order valence-corrected chi connectivity index (χ4v) is 4.36. The molecule has 4 rings (SSSR count). The fourth-order valence-electron chi connectivity index (χ4n) is 3.19. The molecule has 140 valence electrons. The number of anilines is 2. The van der Waals surface area contributed by atoms with Gasteiger partial charge in [0.15, 0.2) is 0 Å². The number of carbonyl (C=O) groups excluding carboxylic acids is 2. The van der Waals surface area contributed by atoms with Crippen molar-refractivity contribution in [3.05, 3.63) is 54.1 Å². The van der Waals surface area contributed by atoms with Crippen LogP contribution >= 0.6 is 11.8 Å². The highest BCUT2D eigenvalue weighted by molar-refractivity contribution is 8.00. The van der Waals surface area contributed by atoms with Crippen molar-refractivity contribution in [3.63, 3.8) is 0 Å². The number of amides is 2. The summed E-state index contributed by atoms with van der Waals surface area (Å²) in [6.07, 6.45) is 1.97. The van der Waals surface area contributed by atoms with Crippen LogP contribution in [-0.4, -0.2) is 24.2 Å². The maximum Gasteiger partial charge on any atom is 0.238 e. The summed E-state index contributed by atoms with van der Waals surface area (Å²) < 4.78 is 5.72. The van der Waals surface area contributed by atoms with E-state index in [1.807, 2.05) is 60.4 Å². The zero-order valence-electron chi connectivity index (χ0n) is 15.2. The van der Waals surface area contributed by atoms with E-state index in [4.69, 9.17) is 4.74 Å². The molecule has 2 fully saturated rings. The number of nitrogens with zero attached hydrogens (tertiary/aromatic N) is 1. The maximum absolute atomic E-state index is 12.6. The van der Waals surface area contributed by atoms with E-state index in [0.717, 1.165) is 29.8 Å². The Morgan fingerprint density at radius 2 is 1.93 bits per heavy atom. The molecule has 1 saturated heterocycles. The molecule has 5 nitrogen and oxygen atoms in total. The quantitative estimate of drug-likeness (QED) is 0.813. The summed E-state index contributed by atoms with van der Waals surface area (Å²) in [5.41, 5.74) is 2.62. The Bertz CT molecular complexity index is 849. The minimum atomic E-state index is -0.104. The predicted octanol–water partition coefficient (Wildman–Crippen LogP) is 4.21. The molecule has 0 bridgehead atoms. The van der Waals surface area contributed by atoms with Gasteiger partial charge >= 0.3 is 0 Å². The highest BCUT2D eigenvalue weighted by Crippen LogP contribution is 2.45. The van der Waals surface area contributed by atoms with Crippen molar-refractivity contribution in [1.82, 2.24) is 0 Å². The van der Waals surface area contributed by atoms with Crippen molar-refractivity contribution in [2.45, 2.75) is 25.1 Å². The van der Waals surface area contributed by atoms with Gasteiger partial charge in [-0.1, -0.05) is 24.3 Å². The molecule has 1 N–H and O–H groups in total. The molecule has 0 unspecified atom stereocenters. The number of thioether (sulfide) groups is 1. The summed E-state index contributed by atoms with van der Waals surface area (Å²) in [6.45, 7) is 2.48. The lowest BCUT2D eigenvalue weighted by atomic mass is 10.1. The predicted molar refractivity (Wildman–Crippen MR) is 108 cm³/mol. The first-order chi connectivity index (χ1) is 13.2. The lowest BCUT2D eigenvalue weighted by Crippen LogP contribution is -2.28. The standard InChI is InChI=1S/C21H22N2O3S/c1-2-26-18-6-4-3-5-17(18)23-19(24)13-27-21(23)15-9-11-16(12-10-15)22-20(25)14-7-8-14/h3-6,9-12,14,21H,2,7-8,13H2,1H3,(H,22,25)/t21-/m0/s1. The number of nitrogens with one attached hydrogen (secondary N) is 1. The van der Waals surface area contributed by atoms with E-state index in [-0.39, 0.29) is 23.1 Å². The van der Waals surface area contributed by atoms with Crippen LogP contribution in [0.25, 0.3) is 0 Å². The van der Waals surface area contributed by atoms with E-state index in [9.17, 15) is 9.59 Å². The molecule has 2 aromatic carbocycles. The molecular formula is C21H22N2O3S. The van der Waals surface area contributed by atoms with Gasteiger partial charge in [0.1, 0.15) is 11.1 Å². The second-order valence-electron chi connectivity index (χ2n) is 6.71. The molecule has 0 spiro atoms.